The first-order valence-electron chi connectivity index (χ1n) is 7.34. The Labute approximate surface area is 120 Å². The van der Waals surface area contributed by atoms with Crippen LogP contribution in [0.5, 0.6) is 5.75 Å². The fourth-order valence-corrected chi connectivity index (χ4v) is 2.99. The van der Waals surface area contributed by atoms with E-state index in [0.29, 0.717) is 12.6 Å². The number of rotatable bonds is 4. The largest absolute Gasteiger partial charge is 0.489 e. The Hall–Kier alpha value is -1.80. The van der Waals surface area contributed by atoms with Crippen molar-refractivity contribution in [2.45, 2.75) is 31.9 Å². The first-order valence-corrected chi connectivity index (χ1v) is 7.34. The molecule has 1 N–H and O–H groups in total. The maximum atomic E-state index is 6.06. The zero-order valence-electron chi connectivity index (χ0n) is 11.9. The Kier molecular flexibility index (Phi) is 4.03. The molecule has 1 aliphatic carbocycles. The molecule has 0 heterocycles. The Morgan fingerprint density at radius 2 is 1.95 bits per heavy atom. The second kappa shape index (κ2) is 6.10. The third-order valence-corrected chi connectivity index (χ3v) is 4.05. The molecule has 104 valence electrons. The third-order valence-electron chi connectivity index (χ3n) is 4.05. The number of hydrogen-bond donors (Lipinski definition) is 1. The molecule has 3 rings (SSSR count). The van der Waals surface area contributed by atoms with E-state index in [-0.39, 0.29) is 0 Å². The van der Waals surface area contributed by atoms with Crippen molar-refractivity contribution in [2.24, 2.45) is 0 Å². The highest BCUT2D eigenvalue weighted by atomic mass is 16.5. The van der Waals surface area contributed by atoms with Gasteiger partial charge in [0.25, 0.3) is 0 Å². The summed E-state index contributed by atoms with van der Waals surface area (Å²) in [5, 5.41) is 3.41. The summed E-state index contributed by atoms with van der Waals surface area (Å²) in [5.41, 5.74) is 4.00. The molecule has 0 aliphatic heterocycles. The van der Waals surface area contributed by atoms with E-state index in [4.69, 9.17) is 4.74 Å². The summed E-state index contributed by atoms with van der Waals surface area (Å²) in [6.07, 6.45) is 3.56. The van der Waals surface area contributed by atoms with E-state index in [9.17, 15) is 0 Å². The lowest BCUT2D eigenvalue weighted by molar-refractivity contribution is 0.300. The van der Waals surface area contributed by atoms with Gasteiger partial charge in [-0.15, -0.1) is 0 Å². The van der Waals surface area contributed by atoms with Crippen molar-refractivity contribution in [1.29, 1.82) is 0 Å². The average Bonchev–Trinajstić information content (AvgIpc) is 2.53. The molecule has 2 aromatic rings. The topological polar surface area (TPSA) is 21.3 Å². The van der Waals surface area contributed by atoms with Crippen LogP contribution < -0.4 is 10.1 Å². The molecule has 2 nitrogen and oxygen atoms in total. The van der Waals surface area contributed by atoms with Crippen molar-refractivity contribution in [1.82, 2.24) is 5.32 Å². The lowest BCUT2D eigenvalue weighted by atomic mass is 9.87. The molecule has 0 bridgehead atoms. The molecule has 0 aromatic heterocycles. The van der Waals surface area contributed by atoms with Gasteiger partial charge in [0.2, 0.25) is 0 Å². The summed E-state index contributed by atoms with van der Waals surface area (Å²) in [7, 11) is 2.04. The zero-order valence-corrected chi connectivity index (χ0v) is 11.9. The molecule has 1 unspecified atom stereocenters. The molecular formula is C18H21NO. The monoisotopic (exact) mass is 267 g/mol. The first-order chi connectivity index (χ1) is 9.88. The average molecular weight is 267 g/mol. The normalized spacial score (nSPS) is 17.6. The minimum absolute atomic E-state index is 0.471. The van der Waals surface area contributed by atoms with Gasteiger partial charge < -0.3 is 10.1 Å². The molecule has 1 aliphatic rings. The van der Waals surface area contributed by atoms with E-state index in [0.717, 1.165) is 12.2 Å². The van der Waals surface area contributed by atoms with Crippen LogP contribution in [0.2, 0.25) is 0 Å². The smallest absolute Gasteiger partial charge is 0.123 e. The number of hydrogen-bond acceptors (Lipinski definition) is 2. The lowest BCUT2D eigenvalue weighted by Gasteiger charge is -2.26. The molecule has 20 heavy (non-hydrogen) atoms. The van der Waals surface area contributed by atoms with E-state index in [1.165, 1.54) is 29.5 Å². The summed E-state index contributed by atoms with van der Waals surface area (Å²) in [4.78, 5) is 0. The summed E-state index contributed by atoms with van der Waals surface area (Å²) < 4.78 is 6.06. The highest BCUT2D eigenvalue weighted by Crippen LogP contribution is 2.35. The van der Waals surface area contributed by atoms with E-state index < -0.39 is 0 Å². The summed E-state index contributed by atoms with van der Waals surface area (Å²) in [6, 6.07) is 17.2. The van der Waals surface area contributed by atoms with Gasteiger partial charge in [0.15, 0.2) is 0 Å². The van der Waals surface area contributed by atoms with E-state index in [1.54, 1.807) is 0 Å². The summed E-state index contributed by atoms with van der Waals surface area (Å²) in [5.74, 6) is 1.05. The van der Waals surface area contributed by atoms with Gasteiger partial charge in [-0.2, -0.15) is 0 Å². The van der Waals surface area contributed by atoms with Crippen LogP contribution in [0.3, 0.4) is 0 Å². The molecule has 0 fully saturated rings. The Morgan fingerprint density at radius 3 is 2.75 bits per heavy atom. The van der Waals surface area contributed by atoms with Crippen molar-refractivity contribution in [3.05, 3.63) is 65.2 Å². The van der Waals surface area contributed by atoms with Gasteiger partial charge in [-0.25, -0.2) is 0 Å². The molecule has 0 radical (unpaired) electrons. The van der Waals surface area contributed by atoms with Gasteiger partial charge in [0.1, 0.15) is 12.4 Å². The third kappa shape index (κ3) is 2.70. The predicted octanol–water partition coefficient (Wildman–Crippen LogP) is 3.86. The quantitative estimate of drug-likeness (QED) is 0.908. The lowest BCUT2D eigenvalue weighted by Crippen LogP contribution is -2.22. The van der Waals surface area contributed by atoms with Crippen LogP contribution in [0.15, 0.2) is 48.5 Å². The molecule has 0 amide bonds. The molecule has 0 spiro atoms. The Bertz CT molecular complexity index is 565. The minimum atomic E-state index is 0.471. The molecule has 0 saturated carbocycles. The number of fused-ring (bicyclic) bond motifs is 1. The van der Waals surface area contributed by atoms with Crippen molar-refractivity contribution in [3.63, 3.8) is 0 Å². The van der Waals surface area contributed by atoms with Gasteiger partial charge in [0.05, 0.1) is 0 Å². The molecule has 2 heteroatoms. The van der Waals surface area contributed by atoms with Crippen LogP contribution >= 0.6 is 0 Å². The molecule has 1 atom stereocenters. The molecule has 0 saturated heterocycles. The Morgan fingerprint density at radius 1 is 1.10 bits per heavy atom. The van der Waals surface area contributed by atoms with Crippen molar-refractivity contribution >= 4 is 0 Å². The highest BCUT2D eigenvalue weighted by molar-refractivity contribution is 5.43. The van der Waals surface area contributed by atoms with Gasteiger partial charge >= 0.3 is 0 Å². The number of ether oxygens (including phenoxy) is 1. The molecular weight excluding hydrogens is 246 g/mol. The standard InChI is InChI=1S/C18H21NO/c1-19-17-11-5-10-16-15(17)9-6-12-18(16)20-13-14-7-3-2-4-8-14/h2-4,6-9,12,17,19H,5,10-11,13H2,1H3. The van der Waals surface area contributed by atoms with Crippen LogP contribution in [0, 0.1) is 0 Å². The maximum absolute atomic E-state index is 6.06. The zero-order chi connectivity index (χ0) is 13.8. The fourth-order valence-electron chi connectivity index (χ4n) is 2.99. The second-order valence-corrected chi connectivity index (χ2v) is 5.33. The SMILES string of the molecule is CNC1CCCc2c(OCc3ccccc3)cccc21. The molecule has 2 aromatic carbocycles. The fraction of sp³-hybridized carbons (Fsp3) is 0.333. The predicted molar refractivity (Wildman–Crippen MR) is 82.0 cm³/mol. The van der Waals surface area contributed by atoms with Crippen LogP contribution in [0.4, 0.5) is 0 Å². The van der Waals surface area contributed by atoms with Crippen LogP contribution in [0.25, 0.3) is 0 Å². The van der Waals surface area contributed by atoms with E-state index in [1.807, 2.05) is 13.1 Å². The van der Waals surface area contributed by atoms with E-state index >= 15 is 0 Å². The number of nitrogens with one attached hydrogen (secondary N) is 1. The summed E-state index contributed by atoms with van der Waals surface area (Å²) in [6.45, 7) is 0.640. The van der Waals surface area contributed by atoms with Crippen LogP contribution in [-0.2, 0) is 13.0 Å². The van der Waals surface area contributed by atoms with Gasteiger partial charge in [0, 0.05) is 6.04 Å². The minimum Gasteiger partial charge on any atom is -0.489 e. The highest BCUT2D eigenvalue weighted by Gasteiger charge is 2.21. The maximum Gasteiger partial charge on any atom is 0.123 e. The van der Waals surface area contributed by atoms with Crippen molar-refractivity contribution in [3.8, 4) is 5.75 Å². The van der Waals surface area contributed by atoms with Crippen molar-refractivity contribution in [2.75, 3.05) is 7.05 Å². The Balaban J connectivity index is 1.80. The van der Waals surface area contributed by atoms with Crippen LogP contribution in [0.1, 0.15) is 35.6 Å². The van der Waals surface area contributed by atoms with Gasteiger partial charge in [-0.05, 0) is 49.1 Å². The van der Waals surface area contributed by atoms with E-state index in [2.05, 4.69) is 47.8 Å². The van der Waals surface area contributed by atoms with Gasteiger partial charge in [-0.3, -0.25) is 0 Å². The van der Waals surface area contributed by atoms with Gasteiger partial charge in [-0.1, -0.05) is 42.5 Å². The number of benzene rings is 2. The van der Waals surface area contributed by atoms with Crippen molar-refractivity contribution < 1.29 is 4.74 Å². The summed E-state index contributed by atoms with van der Waals surface area (Å²) >= 11 is 0. The van der Waals surface area contributed by atoms with Crippen LogP contribution in [-0.4, -0.2) is 7.05 Å². The first kappa shape index (κ1) is 13.2. The second-order valence-electron chi connectivity index (χ2n) is 5.33.